The Labute approximate surface area is 168 Å². The van der Waals surface area contributed by atoms with E-state index in [0.717, 1.165) is 28.1 Å². The molecule has 0 aliphatic rings. The van der Waals surface area contributed by atoms with Gasteiger partial charge in [0.05, 0.1) is 5.69 Å². The van der Waals surface area contributed by atoms with Gasteiger partial charge in [-0.05, 0) is 29.2 Å². The lowest BCUT2D eigenvalue weighted by Gasteiger charge is -2.15. The minimum Gasteiger partial charge on any atom is -0.489 e. The summed E-state index contributed by atoms with van der Waals surface area (Å²) in [5, 5.41) is 13.5. The normalized spacial score (nSPS) is 11.1. The summed E-state index contributed by atoms with van der Waals surface area (Å²) >= 11 is 0. The highest BCUT2D eigenvalue weighted by atomic mass is 16.5. The van der Waals surface area contributed by atoms with Crippen LogP contribution in [-0.2, 0) is 6.61 Å². The third kappa shape index (κ3) is 3.82. The van der Waals surface area contributed by atoms with Crippen molar-refractivity contribution < 1.29 is 14.6 Å². The largest absolute Gasteiger partial charge is 0.489 e. The lowest BCUT2D eigenvalue weighted by atomic mass is 9.99. The molecule has 2 heterocycles. The lowest BCUT2D eigenvalue weighted by molar-refractivity contribution is 0.0690. The van der Waals surface area contributed by atoms with Crippen LogP contribution >= 0.6 is 0 Å². The van der Waals surface area contributed by atoms with Crippen LogP contribution in [0.1, 0.15) is 41.5 Å². The van der Waals surface area contributed by atoms with Crippen molar-refractivity contribution in [2.24, 2.45) is 0 Å². The molecule has 0 saturated carbocycles. The number of nitrogens with zero attached hydrogens (tertiary/aromatic N) is 3. The van der Waals surface area contributed by atoms with Crippen LogP contribution < -0.4 is 4.74 Å². The molecule has 0 radical (unpaired) electrons. The van der Waals surface area contributed by atoms with Gasteiger partial charge in [-0.3, -0.25) is 0 Å². The van der Waals surface area contributed by atoms with E-state index in [-0.39, 0.29) is 11.6 Å². The fourth-order valence-electron chi connectivity index (χ4n) is 3.31. The van der Waals surface area contributed by atoms with Gasteiger partial charge in [0.25, 0.3) is 0 Å². The first-order chi connectivity index (χ1) is 14.0. The minimum absolute atomic E-state index is 0.0128. The summed E-state index contributed by atoms with van der Waals surface area (Å²) in [5.74, 6) is -0.150. The Bertz CT molecular complexity index is 1150. The maximum Gasteiger partial charge on any atom is 0.356 e. The summed E-state index contributed by atoms with van der Waals surface area (Å²) in [6, 6.07) is 19.3. The van der Waals surface area contributed by atoms with Crippen molar-refractivity contribution in [1.82, 2.24) is 14.6 Å². The van der Waals surface area contributed by atoms with Gasteiger partial charge in [-0.2, -0.15) is 5.10 Å². The third-order valence-corrected chi connectivity index (χ3v) is 4.70. The number of rotatable bonds is 6. The van der Waals surface area contributed by atoms with Crippen LogP contribution in [0.5, 0.6) is 5.75 Å². The van der Waals surface area contributed by atoms with Crippen molar-refractivity contribution in [3.05, 3.63) is 83.8 Å². The van der Waals surface area contributed by atoms with Crippen molar-refractivity contribution in [1.29, 1.82) is 0 Å². The van der Waals surface area contributed by atoms with Gasteiger partial charge in [0.15, 0.2) is 11.3 Å². The average Bonchev–Trinajstić information content (AvgIpc) is 3.17. The Morgan fingerprint density at radius 2 is 1.83 bits per heavy atom. The molecule has 2 aromatic carbocycles. The van der Waals surface area contributed by atoms with Crippen molar-refractivity contribution in [2.75, 3.05) is 0 Å². The van der Waals surface area contributed by atoms with Crippen LogP contribution in [0.25, 0.3) is 16.8 Å². The van der Waals surface area contributed by atoms with E-state index >= 15 is 0 Å². The molecule has 4 rings (SSSR count). The van der Waals surface area contributed by atoms with E-state index in [1.807, 2.05) is 54.6 Å². The first kappa shape index (κ1) is 18.7. The number of fused-ring (bicyclic) bond motifs is 1. The highest BCUT2D eigenvalue weighted by molar-refractivity contribution is 5.86. The van der Waals surface area contributed by atoms with Crippen LogP contribution in [0.15, 0.2) is 66.9 Å². The van der Waals surface area contributed by atoms with Crippen molar-refractivity contribution >= 4 is 11.6 Å². The molecule has 6 nitrogen and oxygen atoms in total. The van der Waals surface area contributed by atoms with Crippen LogP contribution in [0.2, 0.25) is 0 Å². The maximum atomic E-state index is 11.3. The van der Waals surface area contributed by atoms with Gasteiger partial charge in [0, 0.05) is 17.8 Å². The molecule has 0 amide bonds. The Hall–Kier alpha value is -3.67. The van der Waals surface area contributed by atoms with E-state index in [1.165, 1.54) is 6.07 Å². The SMILES string of the molecule is CC(C)c1c(-c2ccc(OCc3ccccc3)cc2)cnc2cc(C(=O)O)nn12. The smallest absolute Gasteiger partial charge is 0.356 e. The number of benzene rings is 2. The Morgan fingerprint density at radius 1 is 1.10 bits per heavy atom. The molecule has 2 aromatic heterocycles. The monoisotopic (exact) mass is 387 g/mol. The van der Waals surface area contributed by atoms with Crippen LogP contribution in [0, 0.1) is 0 Å². The first-order valence-corrected chi connectivity index (χ1v) is 9.42. The second-order valence-electron chi connectivity index (χ2n) is 7.12. The molecule has 4 aromatic rings. The zero-order valence-corrected chi connectivity index (χ0v) is 16.2. The highest BCUT2D eigenvalue weighted by Crippen LogP contribution is 2.30. The zero-order chi connectivity index (χ0) is 20.4. The number of hydrogen-bond donors (Lipinski definition) is 1. The molecule has 0 aliphatic heterocycles. The second kappa shape index (κ2) is 7.75. The van der Waals surface area contributed by atoms with Gasteiger partial charge in [0.1, 0.15) is 12.4 Å². The van der Waals surface area contributed by atoms with E-state index in [9.17, 15) is 9.90 Å². The second-order valence-corrected chi connectivity index (χ2v) is 7.12. The molecular formula is C23H21N3O3. The summed E-state index contributed by atoms with van der Waals surface area (Å²) in [6.07, 6.45) is 1.78. The highest BCUT2D eigenvalue weighted by Gasteiger charge is 2.18. The molecule has 146 valence electrons. The number of carbonyl (C=O) groups is 1. The molecule has 0 bridgehead atoms. The van der Waals surface area contributed by atoms with Crippen molar-refractivity contribution in [3.8, 4) is 16.9 Å². The molecule has 0 atom stereocenters. The third-order valence-electron chi connectivity index (χ3n) is 4.70. The molecule has 0 saturated heterocycles. The maximum absolute atomic E-state index is 11.3. The molecule has 0 aliphatic carbocycles. The quantitative estimate of drug-likeness (QED) is 0.514. The standard InChI is InChI=1S/C23H21N3O3/c1-15(2)22-19(13-24-21-12-20(23(27)28)25-26(21)22)17-8-10-18(11-9-17)29-14-16-6-4-3-5-7-16/h3-13,15H,14H2,1-2H3,(H,27,28). The van der Waals surface area contributed by atoms with E-state index in [4.69, 9.17) is 4.74 Å². The molecule has 6 heteroatoms. The molecule has 0 spiro atoms. The molecule has 0 fully saturated rings. The van der Waals surface area contributed by atoms with Crippen LogP contribution in [-0.4, -0.2) is 25.7 Å². The van der Waals surface area contributed by atoms with E-state index in [0.29, 0.717) is 12.3 Å². The van der Waals surface area contributed by atoms with Gasteiger partial charge in [-0.25, -0.2) is 14.3 Å². The topological polar surface area (TPSA) is 76.7 Å². The molecular weight excluding hydrogens is 366 g/mol. The predicted octanol–water partition coefficient (Wildman–Crippen LogP) is 4.80. The molecule has 1 N–H and O–H groups in total. The summed E-state index contributed by atoms with van der Waals surface area (Å²) < 4.78 is 7.49. The summed E-state index contributed by atoms with van der Waals surface area (Å²) in [7, 11) is 0. The first-order valence-electron chi connectivity index (χ1n) is 9.42. The number of ether oxygens (including phenoxy) is 1. The number of hydrogen-bond acceptors (Lipinski definition) is 4. The van der Waals surface area contributed by atoms with Crippen LogP contribution in [0.4, 0.5) is 0 Å². The Morgan fingerprint density at radius 3 is 2.48 bits per heavy atom. The van der Waals surface area contributed by atoms with Crippen LogP contribution in [0.3, 0.4) is 0 Å². The number of aromatic nitrogens is 3. The summed E-state index contributed by atoms with van der Waals surface area (Å²) in [5.41, 5.74) is 4.44. The summed E-state index contributed by atoms with van der Waals surface area (Å²) in [4.78, 5) is 15.7. The van der Waals surface area contributed by atoms with Gasteiger partial charge < -0.3 is 9.84 Å². The van der Waals surface area contributed by atoms with Crippen molar-refractivity contribution in [2.45, 2.75) is 26.4 Å². The number of carboxylic acid groups (broad SMARTS) is 1. The van der Waals surface area contributed by atoms with Gasteiger partial charge in [-0.1, -0.05) is 56.3 Å². The Balaban J connectivity index is 1.65. The van der Waals surface area contributed by atoms with Crippen molar-refractivity contribution in [3.63, 3.8) is 0 Å². The number of aromatic carboxylic acids is 1. The minimum atomic E-state index is -1.06. The fraction of sp³-hybridized carbons (Fsp3) is 0.174. The molecule has 0 unspecified atom stereocenters. The lowest BCUT2D eigenvalue weighted by Crippen LogP contribution is -2.06. The van der Waals surface area contributed by atoms with Gasteiger partial charge in [-0.15, -0.1) is 0 Å². The van der Waals surface area contributed by atoms with E-state index < -0.39 is 5.97 Å². The summed E-state index contributed by atoms with van der Waals surface area (Å²) in [6.45, 7) is 4.62. The zero-order valence-electron chi connectivity index (χ0n) is 16.2. The predicted molar refractivity (Wildman–Crippen MR) is 110 cm³/mol. The van der Waals surface area contributed by atoms with Gasteiger partial charge >= 0.3 is 5.97 Å². The molecule has 29 heavy (non-hydrogen) atoms. The Kier molecular flexibility index (Phi) is 4.99. The average molecular weight is 387 g/mol. The van der Waals surface area contributed by atoms with Gasteiger partial charge in [0.2, 0.25) is 0 Å². The number of carboxylic acids is 1. The fourth-order valence-corrected chi connectivity index (χ4v) is 3.31. The van der Waals surface area contributed by atoms with E-state index in [1.54, 1.807) is 10.7 Å². The van der Waals surface area contributed by atoms with E-state index in [2.05, 4.69) is 23.9 Å².